The van der Waals surface area contributed by atoms with Gasteiger partial charge >= 0.3 is 11.9 Å². The summed E-state index contributed by atoms with van der Waals surface area (Å²) >= 11 is 0. The predicted molar refractivity (Wildman–Crippen MR) is 67.2 cm³/mol. The van der Waals surface area contributed by atoms with Crippen molar-refractivity contribution in [2.24, 2.45) is 0 Å². The minimum atomic E-state index is -1.14. The van der Waals surface area contributed by atoms with Crippen LogP contribution in [0.5, 0.6) is 0 Å². The Kier molecular flexibility index (Phi) is 4.64. The van der Waals surface area contributed by atoms with Gasteiger partial charge in [0.05, 0.1) is 12.3 Å². The summed E-state index contributed by atoms with van der Waals surface area (Å²) in [5.74, 6) is -3.22. The zero-order chi connectivity index (χ0) is 14.6. The molecule has 1 aromatic rings. The maximum absolute atomic E-state index is 12.8. The second kappa shape index (κ2) is 5.82. The van der Waals surface area contributed by atoms with Gasteiger partial charge in [0.2, 0.25) is 0 Å². The highest BCUT2D eigenvalue weighted by Gasteiger charge is 2.26. The fraction of sp³-hybridized carbons (Fsp3) is 0.429. The molecule has 0 unspecified atom stereocenters. The molecule has 0 aliphatic rings. The average molecular weight is 268 g/mol. The number of ether oxygens (including phenoxy) is 1. The molecule has 1 N–H and O–H groups in total. The highest BCUT2D eigenvalue weighted by atomic mass is 19.1. The third-order valence-corrected chi connectivity index (χ3v) is 2.36. The summed E-state index contributed by atoms with van der Waals surface area (Å²) in [4.78, 5) is 22.8. The van der Waals surface area contributed by atoms with E-state index in [9.17, 15) is 14.0 Å². The standard InChI is InChI=1S/C14H17FO4/c1-14(2,3)19-12(16)8-11(13(17)18)9-4-6-10(15)7-5-9/h4-7,11H,8H2,1-3H3,(H,17,18)/t11-/m1/s1. The van der Waals surface area contributed by atoms with Crippen molar-refractivity contribution in [3.8, 4) is 0 Å². The second-order valence-electron chi connectivity index (χ2n) is 5.23. The number of hydrogen-bond donors (Lipinski definition) is 1. The second-order valence-corrected chi connectivity index (χ2v) is 5.23. The Morgan fingerprint density at radius 3 is 2.21 bits per heavy atom. The first-order valence-electron chi connectivity index (χ1n) is 5.89. The van der Waals surface area contributed by atoms with Gasteiger partial charge < -0.3 is 9.84 Å². The molecule has 0 amide bonds. The Morgan fingerprint density at radius 1 is 1.26 bits per heavy atom. The van der Waals surface area contributed by atoms with Gasteiger partial charge in [-0.2, -0.15) is 0 Å². The molecule has 19 heavy (non-hydrogen) atoms. The van der Waals surface area contributed by atoms with Gasteiger partial charge in [-0.15, -0.1) is 0 Å². The lowest BCUT2D eigenvalue weighted by Gasteiger charge is -2.21. The molecule has 1 atom stereocenters. The van der Waals surface area contributed by atoms with Crippen LogP contribution in [0.3, 0.4) is 0 Å². The van der Waals surface area contributed by atoms with Crippen LogP contribution >= 0.6 is 0 Å². The van der Waals surface area contributed by atoms with Gasteiger partial charge in [0.25, 0.3) is 0 Å². The van der Waals surface area contributed by atoms with Crippen LogP contribution in [0, 0.1) is 5.82 Å². The molecule has 0 radical (unpaired) electrons. The van der Waals surface area contributed by atoms with E-state index in [0.29, 0.717) is 5.56 Å². The smallest absolute Gasteiger partial charge is 0.311 e. The van der Waals surface area contributed by atoms with Gasteiger partial charge in [-0.3, -0.25) is 9.59 Å². The fourth-order valence-electron chi connectivity index (χ4n) is 1.59. The lowest BCUT2D eigenvalue weighted by atomic mass is 9.96. The maximum Gasteiger partial charge on any atom is 0.311 e. The molecule has 0 fully saturated rings. The van der Waals surface area contributed by atoms with E-state index in [1.54, 1.807) is 20.8 Å². The van der Waals surface area contributed by atoms with Crippen molar-refractivity contribution in [1.29, 1.82) is 0 Å². The van der Waals surface area contributed by atoms with E-state index in [1.165, 1.54) is 24.3 Å². The highest BCUT2D eigenvalue weighted by molar-refractivity contribution is 5.83. The van der Waals surface area contributed by atoms with Gasteiger partial charge in [-0.1, -0.05) is 12.1 Å². The Labute approximate surface area is 111 Å². The molecule has 5 heteroatoms. The van der Waals surface area contributed by atoms with Crippen molar-refractivity contribution >= 4 is 11.9 Å². The van der Waals surface area contributed by atoms with Gasteiger partial charge in [0.15, 0.2) is 0 Å². The summed E-state index contributed by atoms with van der Waals surface area (Å²) in [5, 5.41) is 9.14. The van der Waals surface area contributed by atoms with Crippen LogP contribution in [-0.2, 0) is 14.3 Å². The Morgan fingerprint density at radius 2 is 1.79 bits per heavy atom. The number of aliphatic carboxylic acids is 1. The number of carboxylic acids is 1. The van der Waals surface area contributed by atoms with Crippen molar-refractivity contribution in [3.63, 3.8) is 0 Å². The molecule has 104 valence electrons. The number of halogens is 1. The molecule has 4 nitrogen and oxygen atoms in total. The van der Waals surface area contributed by atoms with Crippen LogP contribution in [0.15, 0.2) is 24.3 Å². The third kappa shape index (κ3) is 5.07. The molecule has 0 aliphatic heterocycles. The monoisotopic (exact) mass is 268 g/mol. The predicted octanol–water partition coefficient (Wildman–Crippen LogP) is 2.73. The molecule has 0 bridgehead atoms. The molecular weight excluding hydrogens is 251 g/mol. The van der Waals surface area contributed by atoms with E-state index in [-0.39, 0.29) is 6.42 Å². The van der Waals surface area contributed by atoms with Crippen molar-refractivity contribution in [1.82, 2.24) is 0 Å². The van der Waals surface area contributed by atoms with Gasteiger partial charge in [0.1, 0.15) is 11.4 Å². The molecule has 0 spiro atoms. The minimum Gasteiger partial charge on any atom is -0.481 e. The summed E-state index contributed by atoms with van der Waals surface area (Å²) in [6, 6.07) is 5.05. The largest absolute Gasteiger partial charge is 0.481 e. The number of hydrogen-bond acceptors (Lipinski definition) is 3. The van der Waals surface area contributed by atoms with E-state index in [2.05, 4.69) is 0 Å². The van der Waals surface area contributed by atoms with E-state index in [4.69, 9.17) is 9.84 Å². The number of benzene rings is 1. The van der Waals surface area contributed by atoms with Crippen LogP contribution < -0.4 is 0 Å². The zero-order valence-electron chi connectivity index (χ0n) is 11.1. The third-order valence-electron chi connectivity index (χ3n) is 2.36. The molecule has 0 saturated carbocycles. The summed E-state index contributed by atoms with van der Waals surface area (Å²) in [5.41, 5.74) is -0.289. The summed E-state index contributed by atoms with van der Waals surface area (Å²) < 4.78 is 17.9. The molecular formula is C14H17FO4. The van der Waals surface area contributed by atoms with E-state index >= 15 is 0 Å². The quantitative estimate of drug-likeness (QED) is 0.853. The Hall–Kier alpha value is -1.91. The number of carboxylic acid groups (broad SMARTS) is 1. The normalized spacial score (nSPS) is 12.8. The molecule has 0 heterocycles. The topological polar surface area (TPSA) is 63.6 Å². The first-order chi connectivity index (χ1) is 8.69. The van der Waals surface area contributed by atoms with Crippen molar-refractivity contribution in [2.45, 2.75) is 38.7 Å². The van der Waals surface area contributed by atoms with Crippen molar-refractivity contribution in [2.75, 3.05) is 0 Å². The highest BCUT2D eigenvalue weighted by Crippen LogP contribution is 2.22. The van der Waals surface area contributed by atoms with Crippen LogP contribution in [0.2, 0.25) is 0 Å². The average Bonchev–Trinajstić information content (AvgIpc) is 2.24. The van der Waals surface area contributed by atoms with Gasteiger partial charge in [0, 0.05) is 0 Å². The lowest BCUT2D eigenvalue weighted by molar-refractivity contribution is -0.158. The molecule has 1 aromatic carbocycles. The van der Waals surface area contributed by atoms with E-state index < -0.39 is 29.3 Å². The number of esters is 1. The number of carbonyl (C=O) groups is 2. The summed E-state index contributed by atoms with van der Waals surface area (Å²) in [6.45, 7) is 5.12. The van der Waals surface area contributed by atoms with Gasteiger partial charge in [-0.25, -0.2) is 4.39 Å². The van der Waals surface area contributed by atoms with Crippen LogP contribution in [0.25, 0.3) is 0 Å². The van der Waals surface area contributed by atoms with E-state index in [0.717, 1.165) is 0 Å². The van der Waals surface area contributed by atoms with Crippen molar-refractivity contribution in [3.05, 3.63) is 35.6 Å². The van der Waals surface area contributed by atoms with E-state index in [1.807, 2.05) is 0 Å². The summed E-state index contributed by atoms with van der Waals surface area (Å²) in [7, 11) is 0. The Bertz CT molecular complexity index is 459. The lowest BCUT2D eigenvalue weighted by Crippen LogP contribution is -2.26. The maximum atomic E-state index is 12.8. The SMILES string of the molecule is CC(C)(C)OC(=O)C[C@@H](C(=O)O)c1ccc(F)cc1. The van der Waals surface area contributed by atoms with Gasteiger partial charge in [-0.05, 0) is 38.5 Å². The minimum absolute atomic E-state index is 0.280. The first kappa shape index (κ1) is 15.1. The zero-order valence-corrected chi connectivity index (χ0v) is 11.1. The molecule has 0 aromatic heterocycles. The van der Waals surface area contributed by atoms with Crippen LogP contribution in [0.1, 0.15) is 38.7 Å². The van der Waals surface area contributed by atoms with Crippen LogP contribution in [0.4, 0.5) is 4.39 Å². The van der Waals surface area contributed by atoms with Crippen LogP contribution in [-0.4, -0.2) is 22.6 Å². The van der Waals surface area contributed by atoms with Crippen molar-refractivity contribution < 1.29 is 23.8 Å². The molecule has 0 aliphatic carbocycles. The Balaban J connectivity index is 2.82. The number of carbonyl (C=O) groups excluding carboxylic acids is 1. The summed E-state index contributed by atoms with van der Waals surface area (Å²) in [6.07, 6.45) is -0.280. The first-order valence-corrected chi connectivity index (χ1v) is 5.89. The molecule has 1 rings (SSSR count). The number of rotatable bonds is 4. The molecule has 0 saturated heterocycles. The fourth-order valence-corrected chi connectivity index (χ4v) is 1.59.